The predicted octanol–water partition coefficient (Wildman–Crippen LogP) is 3.85. The van der Waals surface area contributed by atoms with Crippen molar-refractivity contribution in [3.05, 3.63) is 40.2 Å². The standard InChI is InChI=1S/C14H18N2OS/c1-10(2)17-14-12(5-4-7-15-14)16-9-13-11(3)6-8-18-13/h4-8,10,16H,9H2,1-3H3. The molecule has 2 aromatic heterocycles. The van der Waals surface area contributed by atoms with Gasteiger partial charge in [-0.25, -0.2) is 4.98 Å². The minimum Gasteiger partial charge on any atom is -0.473 e. The predicted molar refractivity (Wildman–Crippen MR) is 76.4 cm³/mol. The zero-order valence-corrected chi connectivity index (χ0v) is 11.8. The summed E-state index contributed by atoms with van der Waals surface area (Å²) in [6.45, 7) is 6.94. The number of hydrogen-bond acceptors (Lipinski definition) is 4. The lowest BCUT2D eigenvalue weighted by atomic mass is 10.3. The number of anilines is 1. The molecule has 1 N–H and O–H groups in total. The summed E-state index contributed by atoms with van der Waals surface area (Å²) in [4.78, 5) is 5.60. The molecule has 0 aliphatic rings. The van der Waals surface area contributed by atoms with Gasteiger partial charge in [-0.2, -0.15) is 0 Å². The Balaban J connectivity index is 2.07. The molecular formula is C14H18N2OS. The van der Waals surface area contributed by atoms with E-state index < -0.39 is 0 Å². The van der Waals surface area contributed by atoms with Crippen LogP contribution in [0.25, 0.3) is 0 Å². The van der Waals surface area contributed by atoms with Gasteiger partial charge in [-0.1, -0.05) is 0 Å². The molecule has 18 heavy (non-hydrogen) atoms. The molecule has 0 aliphatic heterocycles. The highest BCUT2D eigenvalue weighted by Crippen LogP contribution is 2.24. The molecule has 96 valence electrons. The Bertz CT molecular complexity index is 508. The Kier molecular flexibility index (Phi) is 4.20. The molecule has 0 saturated carbocycles. The molecule has 3 nitrogen and oxygen atoms in total. The van der Waals surface area contributed by atoms with Crippen LogP contribution in [-0.2, 0) is 6.54 Å². The summed E-state index contributed by atoms with van der Waals surface area (Å²) >= 11 is 1.76. The van der Waals surface area contributed by atoms with Crippen LogP contribution in [0.3, 0.4) is 0 Å². The first kappa shape index (κ1) is 12.9. The maximum absolute atomic E-state index is 5.68. The van der Waals surface area contributed by atoms with E-state index >= 15 is 0 Å². The molecular weight excluding hydrogens is 244 g/mol. The average molecular weight is 262 g/mol. The van der Waals surface area contributed by atoms with E-state index in [9.17, 15) is 0 Å². The molecule has 0 atom stereocenters. The summed E-state index contributed by atoms with van der Waals surface area (Å²) in [7, 11) is 0. The highest BCUT2D eigenvalue weighted by atomic mass is 32.1. The number of aryl methyl sites for hydroxylation is 1. The normalized spacial score (nSPS) is 10.7. The number of thiophene rings is 1. The SMILES string of the molecule is Cc1ccsc1CNc1cccnc1OC(C)C. The van der Waals surface area contributed by atoms with Crippen LogP contribution in [0.2, 0.25) is 0 Å². The van der Waals surface area contributed by atoms with Gasteiger partial charge in [0.1, 0.15) is 0 Å². The Morgan fingerprint density at radius 1 is 1.39 bits per heavy atom. The molecule has 0 spiro atoms. The lowest BCUT2D eigenvalue weighted by Crippen LogP contribution is -2.09. The van der Waals surface area contributed by atoms with Crippen molar-refractivity contribution in [1.29, 1.82) is 0 Å². The number of ether oxygens (including phenoxy) is 1. The summed E-state index contributed by atoms with van der Waals surface area (Å²) in [5.74, 6) is 0.668. The lowest BCUT2D eigenvalue weighted by Gasteiger charge is -2.13. The number of pyridine rings is 1. The summed E-state index contributed by atoms with van der Waals surface area (Å²) in [6, 6.07) is 6.04. The fourth-order valence-electron chi connectivity index (χ4n) is 1.60. The molecule has 0 fully saturated rings. The first-order valence-corrected chi connectivity index (χ1v) is 6.93. The number of aromatic nitrogens is 1. The maximum Gasteiger partial charge on any atom is 0.237 e. The van der Waals surface area contributed by atoms with Crippen LogP contribution >= 0.6 is 11.3 Å². The van der Waals surface area contributed by atoms with Gasteiger partial charge in [0.05, 0.1) is 11.8 Å². The molecule has 0 unspecified atom stereocenters. The Labute approximate surface area is 112 Å². The average Bonchev–Trinajstić information content (AvgIpc) is 2.73. The maximum atomic E-state index is 5.68. The third-order valence-electron chi connectivity index (χ3n) is 2.53. The van der Waals surface area contributed by atoms with Crippen molar-refractivity contribution in [1.82, 2.24) is 4.98 Å². The number of rotatable bonds is 5. The lowest BCUT2D eigenvalue weighted by molar-refractivity contribution is 0.234. The van der Waals surface area contributed by atoms with E-state index in [1.807, 2.05) is 26.0 Å². The molecule has 0 amide bonds. The number of nitrogens with zero attached hydrogens (tertiary/aromatic N) is 1. The number of hydrogen-bond donors (Lipinski definition) is 1. The van der Waals surface area contributed by atoms with Crippen molar-refractivity contribution in [3.8, 4) is 5.88 Å². The zero-order chi connectivity index (χ0) is 13.0. The minimum absolute atomic E-state index is 0.129. The van der Waals surface area contributed by atoms with Gasteiger partial charge in [0.25, 0.3) is 0 Å². The Hall–Kier alpha value is -1.55. The molecule has 2 aromatic rings. The summed E-state index contributed by atoms with van der Waals surface area (Å²) in [5, 5.41) is 5.50. The summed E-state index contributed by atoms with van der Waals surface area (Å²) in [5.41, 5.74) is 2.27. The van der Waals surface area contributed by atoms with Gasteiger partial charge in [-0.3, -0.25) is 0 Å². The van der Waals surface area contributed by atoms with Crippen molar-refractivity contribution < 1.29 is 4.74 Å². The van der Waals surface area contributed by atoms with Crippen molar-refractivity contribution in [3.63, 3.8) is 0 Å². The third-order valence-corrected chi connectivity index (χ3v) is 3.55. The monoisotopic (exact) mass is 262 g/mol. The van der Waals surface area contributed by atoms with Gasteiger partial charge in [0, 0.05) is 17.6 Å². The second kappa shape index (κ2) is 5.87. The van der Waals surface area contributed by atoms with Crippen LogP contribution in [0.5, 0.6) is 5.88 Å². The zero-order valence-electron chi connectivity index (χ0n) is 10.9. The minimum atomic E-state index is 0.129. The van der Waals surface area contributed by atoms with E-state index in [0.717, 1.165) is 12.2 Å². The van der Waals surface area contributed by atoms with Gasteiger partial charge >= 0.3 is 0 Å². The first-order chi connectivity index (χ1) is 8.66. The van der Waals surface area contributed by atoms with Gasteiger partial charge < -0.3 is 10.1 Å². The first-order valence-electron chi connectivity index (χ1n) is 6.05. The van der Waals surface area contributed by atoms with E-state index in [4.69, 9.17) is 4.74 Å². The van der Waals surface area contributed by atoms with Gasteiger partial charge in [-0.15, -0.1) is 11.3 Å². The molecule has 0 aliphatic carbocycles. The van der Waals surface area contributed by atoms with E-state index in [-0.39, 0.29) is 6.10 Å². The molecule has 0 bridgehead atoms. The van der Waals surface area contributed by atoms with Crippen LogP contribution < -0.4 is 10.1 Å². The van der Waals surface area contributed by atoms with E-state index in [1.54, 1.807) is 17.5 Å². The van der Waals surface area contributed by atoms with Crippen molar-refractivity contribution in [2.45, 2.75) is 33.4 Å². The van der Waals surface area contributed by atoms with Crippen LogP contribution in [0.1, 0.15) is 24.3 Å². The van der Waals surface area contributed by atoms with E-state index in [1.165, 1.54) is 10.4 Å². The van der Waals surface area contributed by atoms with E-state index in [0.29, 0.717) is 5.88 Å². The molecule has 0 saturated heterocycles. The Morgan fingerprint density at radius 2 is 2.22 bits per heavy atom. The molecule has 2 rings (SSSR count). The molecule has 0 aromatic carbocycles. The van der Waals surface area contributed by atoms with Crippen molar-refractivity contribution in [2.24, 2.45) is 0 Å². The topological polar surface area (TPSA) is 34.2 Å². The number of nitrogens with one attached hydrogen (secondary N) is 1. The van der Waals surface area contributed by atoms with Gasteiger partial charge in [0.2, 0.25) is 5.88 Å². The highest BCUT2D eigenvalue weighted by Gasteiger charge is 2.07. The fourth-order valence-corrected chi connectivity index (χ4v) is 2.45. The van der Waals surface area contributed by atoms with Crippen molar-refractivity contribution >= 4 is 17.0 Å². The highest BCUT2D eigenvalue weighted by molar-refractivity contribution is 7.10. The summed E-state index contributed by atoms with van der Waals surface area (Å²) in [6.07, 6.45) is 1.88. The van der Waals surface area contributed by atoms with Crippen molar-refractivity contribution in [2.75, 3.05) is 5.32 Å². The van der Waals surface area contributed by atoms with Crippen LogP contribution in [0, 0.1) is 6.92 Å². The second-order valence-electron chi connectivity index (χ2n) is 4.40. The largest absolute Gasteiger partial charge is 0.473 e. The van der Waals surface area contributed by atoms with Gasteiger partial charge in [-0.05, 0) is 49.9 Å². The van der Waals surface area contributed by atoms with Crippen LogP contribution in [0.4, 0.5) is 5.69 Å². The second-order valence-corrected chi connectivity index (χ2v) is 5.40. The third kappa shape index (κ3) is 3.23. The van der Waals surface area contributed by atoms with Crippen LogP contribution in [0.15, 0.2) is 29.8 Å². The summed E-state index contributed by atoms with van der Waals surface area (Å²) < 4.78 is 5.68. The molecule has 0 radical (unpaired) electrons. The quantitative estimate of drug-likeness (QED) is 0.888. The van der Waals surface area contributed by atoms with Crippen LogP contribution in [-0.4, -0.2) is 11.1 Å². The smallest absolute Gasteiger partial charge is 0.237 e. The molecule has 2 heterocycles. The molecule has 4 heteroatoms. The van der Waals surface area contributed by atoms with Gasteiger partial charge in [0.15, 0.2) is 0 Å². The Morgan fingerprint density at radius 3 is 2.89 bits per heavy atom. The van der Waals surface area contributed by atoms with E-state index in [2.05, 4.69) is 28.7 Å². The fraction of sp³-hybridized carbons (Fsp3) is 0.357.